The number of hydrogen-bond acceptors (Lipinski definition) is 3. The third-order valence-corrected chi connectivity index (χ3v) is 5.52. The van der Waals surface area contributed by atoms with Crippen LogP contribution in [0.15, 0.2) is 48.5 Å². The van der Waals surface area contributed by atoms with E-state index in [-0.39, 0.29) is 11.9 Å². The molecule has 0 saturated carbocycles. The summed E-state index contributed by atoms with van der Waals surface area (Å²) in [5.74, 6) is -0.199. The number of rotatable bonds is 6. The zero-order chi connectivity index (χ0) is 20.8. The van der Waals surface area contributed by atoms with Gasteiger partial charge in [0.25, 0.3) is 0 Å². The summed E-state index contributed by atoms with van der Waals surface area (Å²) >= 11 is 12.0. The summed E-state index contributed by atoms with van der Waals surface area (Å²) in [7, 11) is 0. The van der Waals surface area contributed by atoms with E-state index in [1.54, 1.807) is 25.1 Å². The Morgan fingerprint density at radius 3 is 2.62 bits per heavy atom. The Hall–Kier alpha value is -2.28. The van der Waals surface area contributed by atoms with Crippen molar-refractivity contribution in [3.8, 4) is 0 Å². The summed E-state index contributed by atoms with van der Waals surface area (Å²) < 4.78 is 0. The van der Waals surface area contributed by atoms with Gasteiger partial charge in [0, 0.05) is 31.4 Å². The van der Waals surface area contributed by atoms with Crippen LogP contribution in [0.2, 0.25) is 10.0 Å². The molecule has 2 atom stereocenters. The molecular weight excluding hydrogens is 411 g/mol. The number of likely N-dealkylation sites (tertiary alicyclic amines) is 1. The highest BCUT2D eigenvalue weighted by atomic mass is 35.5. The maximum absolute atomic E-state index is 12.4. The van der Waals surface area contributed by atoms with Gasteiger partial charge in [0.05, 0.1) is 10.0 Å². The molecular formula is C21H24Cl2N4O2. The van der Waals surface area contributed by atoms with E-state index in [9.17, 15) is 9.59 Å². The molecule has 0 bridgehead atoms. The molecule has 1 aliphatic rings. The fraction of sp³-hybridized carbons (Fsp3) is 0.333. The number of amides is 3. The number of nitrogens with zero attached hydrogens (tertiary/aromatic N) is 1. The first-order valence-corrected chi connectivity index (χ1v) is 10.3. The minimum atomic E-state index is -0.636. The molecule has 3 amide bonds. The topological polar surface area (TPSA) is 73.5 Å². The van der Waals surface area contributed by atoms with Crippen LogP contribution in [0.5, 0.6) is 0 Å². The third-order valence-electron chi connectivity index (χ3n) is 4.78. The standard InChI is InChI=1S/C21H24Cl2N4O2/c1-14(24-21(29)26-16-5-3-2-4-6-16)20(28)25-17-9-10-27(13-17)12-15-7-8-18(22)19(23)11-15/h2-8,11,14,17H,9-10,12-13H2,1H3,(H,25,28)(H2,24,26,29)/t14-,17+/m0/s1. The van der Waals surface area contributed by atoms with Crippen LogP contribution in [-0.4, -0.2) is 42.0 Å². The largest absolute Gasteiger partial charge is 0.350 e. The average Bonchev–Trinajstić information content (AvgIpc) is 3.12. The second-order valence-electron chi connectivity index (χ2n) is 7.16. The smallest absolute Gasteiger partial charge is 0.319 e. The molecule has 6 nitrogen and oxygen atoms in total. The number of para-hydroxylation sites is 1. The van der Waals surface area contributed by atoms with Gasteiger partial charge in [-0.15, -0.1) is 0 Å². The van der Waals surface area contributed by atoms with Crippen LogP contribution in [0, 0.1) is 0 Å². The summed E-state index contributed by atoms with van der Waals surface area (Å²) in [6.07, 6.45) is 0.857. The molecule has 3 N–H and O–H groups in total. The third kappa shape index (κ3) is 6.35. The fourth-order valence-electron chi connectivity index (χ4n) is 3.27. The highest BCUT2D eigenvalue weighted by molar-refractivity contribution is 6.42. The Kier molecular flexibility index (Phi) is 7.36. The second-order valence-corrected chi connectivity index (χ2v) is 7.98. The normalized spacial score (nSPS) is 17.6. The molecule has 154 valence electrons. The lowest BCUT2D eigenvalue weighted by molar-refractivity contribution is -0.123. The van der Waals surface area contributed by atoms with Crippen LogP contribution in [0.1, 0.15) is 18.9 Å². The highest BCUT2D eigenvalue weighted by Gasteiger charge is 2.26. The maximum atomic E-state index is 12.4. The van der Waals surface area contributed by atoms with E-state index in [1.807, 2.05) is 30.3 Å². The lowest BCUT2D eigenvalue weighted by Crippen LogP contribution is -2.49. The quantitative estimate of drug-likeness (QED) is 0.645. The zero-order valence-corrected chi connectivity index (χ0v) is 17.6. The van der Waals surface area contributed by atoms with Gasteiger partial charge < -0.3 is 16.0 Å². The number of carbonyl (C=O) groups excluding carboxylic acids is 2. The zero-order valence-electron chi connectivity index (χ0n) is 16.1. The first-order valence-electron chi connectivity index (χ1n) is 9.50. The van der Waals surface area contributed by atoms with Crippen LogP contribution in [0.4, 0.5) is 10.5 Å². The molecule has 2 aromatic carbocycles. The Balaban J connectivity index is 1.43. The number of benzene rings is 2. The summed E-state index contributed by atoms with van der Waals surface area (Å²) in [5, 5.41) is 9.47. The van der Waals surface area contributed by atoms with Crippen LogP contribution >= 0.6 is 23.2 Å². The fourth-order valence-corrected chi connectivity index (χ4v) is 3.59. The van der Waals surface area contributed by atoms with E-state index in [0.29, 0.717) is 15.7 Å². The SMILES string of the molecule is C[C@H](NC(=O)Nc1ccccc1)C(=O)N[C@@H]1CCN(Cc2ccc(Cl)c(Cl)c2)C1. The number of urea groups is 1. The first-order chi connectivity index (χ1) is 13.9. The van der Waals surface area contributed by atoms with Crippen molar-refractivity contribution in [2.45, 2.75) is 32.0 Å². The van der Waals surface area contributed by atoms with Crippen molar-refractivity contribution in [3.05, 3.63) is 64.1 Å². The molecule has 0 spiro atoms. The number of hydrogen-bond donors (Lipinski definition) is 3. The monoisotopic (exact) mass is 434 g/mol. The molecule has 2 aromatic rings. The van der Waals surface area contributed by atoms with Crippen molar-refractivity contribution in [1.29, 1.82) is 0 Å². The van der Waals surface area contributed by atoms with Crippen LogP contribution in [0.25, 0.3) is 0 Å². The van der Waals surface area contributed by atoms with Gasteiger partial charge >= 0.3 is 6.03 Å². The number of carbonyl (C=O) groups is 2. The van der Waals surface area contributed by atoms with Gasteiger partial charge in [0.2, 0.25) is 5.91 Å². The van der Waals surface area contributed by atoms with E-state index in [2.05, 4.69) is 20.9 Å². The summed E-state index contributed by atoms with van der Waals surface area (Å²) in [4.78, 5) is 26.7. The molecule has 0 unspecified atom stereocenters. The molecule has 1 heterocycles. The Morgan fingerprint density at radius 2 is 1.90 bits per heavy atom. The molecule has 1 fully saturated rings. The van der Waals surface area contributed by atoms with Gasteiger partial charge in [-0.25, -0.2) is 4.79 Å². The van der Waals surface area contributed by atoms with E-state index < -0.39 is 12.1 Å². The second kappa shape index (κ2) is 9.96. The Bertz CT molecular complexity index is 863. The van der Waals surface area contributed by atoms with Crippen molar-refractivity contribution in [1.82, 2.24) is 15.5 Å². The van der Waals surface area contributed by atoms with Crippen molar-refractivity contribution in [2.24, 2.45) is 0 Å². The van der Waals surface area contributed by atoms with Gasteiger partial charge in [-0.05, 0) is 43.2 Å². The minimum Gasteiger partial charge on any atom is -0.350 e. The Labute approximate surface area is 180 Å². The maximum Gasteiger partial charge on any atom is 0.319 e. The molecule has 0 aliphatic carbocycles. The lowest BCUT2D eigenvalue weighted by atomic mass is 10.2. The predicted octanol–water partition coefficient (Wildman–Crippen LogP) is 3.89. The summed E-state index contributed by atoms with van der Waals surface area (Å²) in [5.41, 5.74) is 1.75. The summed E-state index contributed by atoms with van der Waals surface area (Å²) in [6.45, 7) is 4.04. The average molecular weight is 435 g/mol. The number of nitrogens with one attached hydrogen (secondary N) is 3. The molecule has 0 radical (unpaired) electrons. The van der Waals surface area contributed by atoms with Crippen LogP contribution in [-0.2, 0) is 11.3 Å². The van der Waals surface area contributed by atoms with Gasteiger partial charge in [-0.2, -0.15) is 0 Å². The van der Waals surface area contributed by atoms with Crippen LogP contribution < -0.4 is 16.0 Å². The first kappa shape index (κ1) is 21.4. The van der Waals surface area contributed by atoms with E-state index >= 15 is 0 Å². The van der Waals surface area contributed by atoms with Gasteiger partial charge in [-0.3, -0.25) is 9.69 Å². The molecule has 29 heavy (non-hydrogen) atoms. The van der Waals surface area contributed by atoms with Crippen molar-refractivity contribution < 1.29 is 9.59 Å². The van der Waals surface area contributed by atoms with Gasteiger partial charge in [-0.1, -0.05) is 47.5 Å². The van der Waals surface area contributed by atoms with Crippen molar-refractivity contribution in [3.63, 3.8) is 0 Å². The van der Waals surface area contributed by atoms with Gasteiger partial charge in [0.1, 0.15) is 6.04 Å². The highest BCUT2D eigenvalue weighted by Crippen LogP contribution is 2.24. The van der Waals surface area contributed by atoms with E-state index in [0.717, 1.165) is 31.6 Å². The van der Waals surface area contributed by atoms with Gasteiger partial charge in [0.15, 0.2) is 0 Å². The Morgan fingerprint density at radius 1 is 1.14 bits per heavy atom. The molecule has 1 saturated heterocycles. The molecule has 3 rings (SSSR count). The number of halogens is 2. The van der Waals surface area contributed by atoms with Crippen molar-refractivity contribution >= 4 is 40.8 Å². The molecule has 8 heteroatoms. The van der Waals surface area contributed by atoms with Crippen LogP contribution in [0.3, 0.4) is 0 Å². The lowest BCUT2D eigenvalue weighted by Gasteiger charge is -2.19. The minimum absolute atomic E-state index is 0.0479. The molecule has 1 aliphatic heterocycles. The van der Waals surface area contributed by atoms with E-state index in [4.69, 9.17) is 23.2 Å². The van der Waals surface area contributed by atoms with Crippen molar-refractivity contribution in [2.75, 3.05) is 18.4 Å². The van der Waals surface area contributed by atoms with E-state index in [1.165, 1.54) is 0 Å². The number of anilines is 1. The predicted molar refractivity (Wildman–Crippen MR) is 116 cm³/mol. The summed E-state index contributed by atoms with van der Waals surface area (Å²) in [6, 6.07) is 13.7. The molecule has 0 aromatic heterocycles.